The summed E-state index contributed by atoms with van der Waals surface area (Å²) >= 11 is 0. The zero-order valence-corrected chi connectivity index (χ0v) is 25.4. The Morgan fingerprint density at radius 2 is 0.960 bits per heavy atom. The lowest BCUT2D eigenvalue weighted by Gasteiger charge is -2.20. The predicted octanol–water partition coefficient (Wildman–Crippen LogP) is 14.0. The summed E-state index contributed by atoms with van der Waals surface area (Å²) in [6.45, 7) is 1.21. The lowest BCUT2D eigenvalue weighted by atomic mass is 9.83. The van der Waals surface area contributed by atoms with Crippen LogP contribution in [0.15, 0.2) is 180 Å². The van der Waals surface area contributed by atoms with Gasteiger partial charge in [0.1, 0.15) is 11.2 Å². The summed E-state index contributed by atoms with van der Waals surface area (Å²) < 4.78 is 268. The molecule has 1 nitrogen and oxygen atoms in total. The normalized spacial score (nSPS) is 19.8. The van der Waals surface area contributed by atoms with E-state index in [1.165, 1.54) is 6.92 Å². The molecule has 1 aromatic heterocycles. The van der Waals surface area contributed by atoms with E-state index in [9.17, 15) is 16.4 Å². The van der Waals surface area contributed by atoms with Gasteiger partial charge in [0.15, 0.2) is 0 Å². The molecule has 0 aliphatic carbocycles. The highest BCUT2D eigenvalue weighted by Crippen LogP contribution is 2.46. The molecule has 234 valence electrons. The van der Waals surface area contributed by atoms with Gasteiger partial charge in [-0.15, -0.1) is 0 Å². The van der Waals surface area contributed by atoms with Crippen molar-refractivity contribution in [2.45, 2.75) is 6.92 Å². The zero-order valence-electron chi connectivity index (χ0n) is 54.4. The lowest BCUT2D eigenvalue weighted by Crippen LogP contribution is -1.93. The third kappa shape index (κ3) is 4.55. The molecular weight excluding hydrogens is 605 g/mol. The van der Waals surface area contributed by atoms with E-state index >= 15 is 0 Å². The van der Waals surface area contributed by atoms with E-state index in [1.807, 2.05) is 0 Å². The first-order valence-corrected chi connectivity index (χ1v) is 14.9. The van der Waals surface area contributed by atoms with Gasteiger partial charge in [0.25, 0.3) is 0 Å². The van der Waals surface area contributed by atoms with Crippen LogP contribution >= 0.6 is 0 Å². The molecule has 10 aromatic rings. The summed E-state index contributed by atoms with van der Waals surface area (Å²) in [7, 11) is 0. The quantitative estimate of drug-likeness (QED) is 0.171. The molecular formula is C49H32O. The molecule has 1 heteroatoms. The zero-order chi connectivity index (χ0) is 58.4. The van der Waals surface area contributed by atoms with Gasteiger partial charge in [-0.25, -0.2) is 0 Å². The van der Waals surface area contributed by atoms with E-state index < -0.39 is 274 Å². The van der Waals surface area contributed by atoms with Gasteiger partial charge in [-0.2, -0.15) is 0 Å². The summed E-state index contributed by atoms with van der Waals surface area (Å²) in [6.07, 6.45) is 0. The minimum Gasteiger partial charge on any atom is -0.456 e. The molecule has 0 N–H and O–H groups in total. The molecule has 0 amide bonds. The van der Waals surface area contributed by atoms with E-state index in [-0.39, 0.29) is 5.56 Å². The molecule has 0 saturated carbocycles. The Labute approximate surface area is 331 Å². The molecule has 0 radical (unpaired) electrons. The summed E-state index contributed by atoms with van der Waals surface area (Å²) in [6, 6.07) is -26.4. The van der Waals surface area contributed by atoms with E-state index in [0.717, 1.165) is 0 Å². The fraction of sp³-hybridized carbons (Fsp3) is 0.0204. The Bertz CT molecular complexity index is 4460. The van der Waals surface area contributed by atoms with Gasteiger partial charge in [-0.05, 0) is 108 Å². The Hall–Kier alpha value is -6.44. The molecule has 0 bridgehead atoms. The Balaban J connectivity index is 1.42. The van der Waals surface area contributed by atoms with Crippen LogP contribution in [0.3, 0.4) is 0 Å². The molecule has 0 aliphatic rings. The molecule has 0 aliphatic heterocycles. The first-order chi connectivity index (χ1) is 36.8. The SMILES string of the molecule is [2H]c1c([2H])c([2H])c(-c2c([2H])c([2H])c([2H])c([2H])c2-c2c3c([2H])c([2H])c([2H])c([2H])c3c(-c3c([2H])c([2H])c(-c4c([2H])c([2H])c5oc6c([2H])c7c([2H])c([2H])c([2H])c([2H])c7c([2H])c6c5c4[2H])c([2H])c3[2H])c3c([2H])c(C)c([2H])c([2H])c23)c([2H])c1[2H]. The number of rotatable bonds is 4. The minimum atomic E-state index is -1.09. The van der Waals surface area contributed by atoms with Crippen molar-refractivity contribution in [3.63, 3.8) is 0 Å². The average molecular weight is 666 g/mol. The van der Waals surface area contributed by atoms with Crippen molar-refractivity contribution in [3.8, 4) is 44.5 Å². The van der Waals surface area contributed by atoms with Crippen molar-refractivity contribution in [2.75, 3.05) is 0 Å². The molecule has 0 spiro atoms. The van der Waals surface area contributed by atoms with Crippen molar-refractivity contribution in [2.24, 2.45) is 0 Å². The van der Waals surface area contributed by atoms with Gasteiger partial charge >= 0.3 is 0 Å². The number of hydrogen-bond donors (Lipinski definition) is 0. The van der Waals surface area contributed by atoms with Crippen molar-refractivity contribution < 1.29 is 44.2 Å². The molecule has 0 unspecified atom stereocenters. The van der Waals surface area contributed by atoms with Crippen LogP contribution in [-0.2, 0) is 0 Å². The molecule has 0 atom stereocenters. The maximum absolute atomic E-state index is 9.69. The fourth-order valence-electron chi connectivity index (χ4n) is 5.92. The van der Waals surface area contributed by atoms with Crippen LogP contribution in [0.2, 0.25) is 0 Å². The minimum absolute atomic E-state index is 0.299. The van der Waals surface area contributed by atoms with Crippen molar-refractivity contribution in [1.29, 1.82) is 0 Å². The van der Waals surface area contributed by atoms with Gasteiger partial charge < -0.3 is 4.42 Å². The Kier molecular flexibility index (Phi) is 2.69. The molecule has 0 saturated heterocycles. The standard InChI is InChI=1S/C49H32O/c1-31-19-25-42-45(27-31)48(40-17-9-10-18-41(40)49(42)39-16-8-7-15-38(39)33-11-3-2-4-12-33)34-22-20-32(21-23-34)37-24-26-46-43(29-37)44-28-35-13-5-6-14-36(35)30-47(44)50-46/h2-30H,1H3/i2D,3D,4D,5D,6D,7D,8D,9D,10D,11D,12D,13D,14D,15D,16D,17D,18D,19D,20D,21D,22D,23D,24D,25D,26D,27D,28D,29D,30D. The molecule has 1 heterocycles. The Morgan fingerprint density at radius 1 is 0.360 bits per heavy atom. The highest BCUT2D eigenvalue weighted by Gasteiger charge is 2.19. The van der Waals surface area contributed by atoms with Crippen LogP contribution in [0.25, 0.3) is 98.8 Å². The largest absolute Gasteiger partial charge is 0.456 e. The highest BCUT2D eigenvalue weighted by atomic mass is 16.3. The smallest absolute Gasteiger partial charge is 0.136 e. The maximum atomic E-state index is 9.69. The fourth-order valence-corrected chi connectivity index (χ4v) is 5.92. The monoisotopic (exact) mass is 665 g/mol. The van der Waals surface area contributed by atoms with Gasteiger partial charge in [-0.3, -0.25) is 0 Å². The molecule has 10 rings (SSSR count). The number of fused-ring (bicyclic) bond motifs is 6. The number of benzene rings is 9. The third-order valence-electron chi connectivity index (χ3n) is 8.07. The van der Waals surface area contributed by atoms with Crippen LogP contribution < -0.4 is 0 Å². The van der Waals surface area contributed by atoms with E-state index in [0.29, 0.717) is 0 Å². The van der Waals surface area contributed by atoms with E-state index in [4.69, 9.17) is 27.7 Å². The molecule has 0 fully saturated rings. The van der Waals surface area contributed by atoms with Crippen molar-refractivity contribution >= 4 is 54.3 Å². The Morgan fingerprint density at radius 3 is 1.76 bits per heavy atom. The molecule has 50 heavy (non-hydrogen) atoms. The predicted molar refractivity (Wildman–Crippen MR) is 213 cm³/mol. The van der Waals surface area contributed by atoms with E-state index in [2.05, 4.69) is 0 Å². The number of furan rings is 1. The van der Waals surface area contributed by atoms with Crippen LogP contribution in [0.1, 0.15) is 45.3 Å². The summed E-state index contributed by atoms with van der Waals surface area (Å²) in [4.78, 5) is 0. The van der Waals surface area contributed by atoms with Gasteiger partial charge in [0.2, 0.25) is 0 Å². The number of hydrogen-bond acceptors (Lipinski definition) is 1. The summed E-state index contributed by atoms with van der Waals surface area (Å²) in [5.41, 5.74) is -7.71. The van der Waals surface area contributed by atoms with Gasteiger partial charge in [0.05, 0.1) is 39.8 Å². The summed E-state index contributed by atoms with van der Waals surface area (Å²) in [5, 5.41) is -4.64. The topological polar surface area (TPSA) is 13.1 Å². The maximum Gasteiger partial charge on any atom is 0.136 e. The van der Waals surface area contributed by atoms with Gasteiger partial charge in [-0.1, -0.05) is 157 Å². The van der Waals surface area contributed by atoms with Crippen LogP contribution in [0.5, 0.6) is 0 Å². The second-order valence-corrected chi connectivity index (χ2v) is 11.0. The first kappa shape index (κ1) is 11.9. The lowest BCUT2D eigenvalue weighted by molar-refractivity contribution is 0.669. The second kappa shape index (κ2) is 11.3. The first-order valence-electron chi connectivity index (χ1n) is 29.4. The van der Waals surface area contributed by atoms with Gasteiger partial charge in [0, 0.05) is 10.8 Å². The van der Waals surface area contributed by atoms with Crippen LogP contribution in [0.4, 0.5) is 0 Å². The second-order valence-electron chi connectivity index (χ2n) is 11.0. The van der Waals surface area contributed by atoms with Crippen LogP contribution in [-0.4, -0.2) is 0 Å². The average Bonchev–Trinajstić information content (AvgIpc) is 4.08. The third-order valence-corrected chi connectivity index (χ3v) is 8.07. The van der Waals surface area contributed by atoms with Crippen LogP contribution in [0, 0.1) is 6.92 Å². The highest BCUT2D eigenvalue weighted by molar-refractivity contribution is 6.22. The van der Waals surface area contributed by atoms with Crippen molar-refractivity contribution in [1.82, 2.24) is 0 Å². The van der Waals surface area contributed by atoms with E-state index in [1.54, 1.807) is 0 Å². The summed E-state index contributed by atoms with van der Waals surface area (Å²) in [5.74, 6) is 0. The molecule has 9 aromatic carbocycles. The van der Waals surface area contributed by atoms with Crippen molar-refractivity contribution in [3.05, 3.63) is 181 Å².